The second kappa shape index (κ2) is 15.6. The molecule has 0 radical (unpaired) electrons. The lowest BCUT2D eigenvalue weighted by molar-refractivity contribution is -0.129. The number of epoxide rings is 1. The van der Waals surface area contributed by atoms with Crippen LogP contribution in [0.3, 0.4) is 0 Å². The van der Waals surface area contributed by atoms with E-state index in [-0.39, 0.29) is 0 Å². The Morgan fingerprint density at radius 1 is 0.929 bits per heavy atom. The van der Waals surface area contributed by atoms with Crippen LogP contribution in [-0.4, -0.2) is 52.1 Å². The zero-order valence-corrected chi connectivity index (χ0v) is 17.2. The predicted molar refractivity (Wildman–Crippen MR) is 112 cm³/mol. The summed E-state index contributed by atoms with van der Waals surface area (Å²) in [5.74, 6) is -0.630. The van der Waals surface area contributed by atoms with Crippen molar-refractivity contribution in [1.29, 1.82) is 0 Å². The van der Waals surface area contributed by atoms with Gasteiger partial charge in [-0.25, -0.2) is 0 Å². The summed E-state index contributed by atoms with van der Waals surface area (Å²) in [6, 6.07) is 0. The number of hydrogen-bond donors (Lipinski definition) is 3. The third-order valence-electron chi connectivity index (χ3n) is 4.96. The van der Waals surface area contributed by atoms with Crippen LogP contribution >= 0.6 is 0 Å². The molecule has 1 fully saturated rings. The Morgan fingerprint density at radius 3 is 2.29 bits per heavy atom. The maximum atomic E-state index is 11.5. The van der Waals surface area contributed by atoms with E-state index < -0.39 is 24.6 Å². The lowest BCUT2D eigenvalue weighted by atomic mass is 10.1. The van der Waals surface area contributed by atoms with Gasteiger partial charge in [-0.1, -0.05) is 75.8 Å². The van der Waals surface area contributed by atoms with Crippen molar-refractivity contribution in [2.24, 2.45) is 0 Å². The molecule has 0 aliphatic carbocycles. The van der Waals surface area contributed by atoms with E-state index in [0.29, 0.717) is 12.2 Å². The lowest BCUT2D eigenvalue weighted by Gasteiger charge is -2.11. The van der Waals surface area contributed by atoms with Crippen molar-refractivity contribution in [2.75, 3.05) is 6.61 Å². The van der Waals surface area contributed by atoms with Crippen LogP contribution in [0.2, 0.25) is 0 Å². The van der Waals surface area contributed by atoms with Gasteiger partial charge in [-0.2, -0.15) is 0 Å². The Bertz CT molecular complexity index is 497. The van der Waals surface area contributed by atoms with E-state index in [4.69, 9.17) is 14.9 Å². The zero-order valence-electron chi connectivity index (χ0n) is 17.2. The van der Waals surface area contributed by atoms with Crippen molar-refractivity contribution in [3.05, 3.63) is 36.5 Å². The van der Waals surface area contributed by atoms with Crippen molar-refractivity contribution in [3.8, 4) is 0 Å². The van der Waals surface area contributed by atoms with Gasteiger partial charge in [0.15, 0.2) is 5.78 Å². The largest absolute Gasteiger partial charge is 0.394 e. The van der Waals surface area contributed by atoms with Gasteiger partial charge in [-0.15, -0.1) is 0 Å². The number of ketones is 1. The molecule has 1 aliphatic rings. The minimum atomic E-state index is -1.58. The number of ether oxygens (including phenoxy) is 1. The minimum absolute atomic E-state index is 0.467. The summed E-state index contributed by atoms with van der Waals surface area (Å²) < 4.78 is 5.74. The highest BCUT2D eigenvalue weighted by Crippen LogP contribution is 2.31. The van der Waals surface area contributed by atoms with Gasteiger partial charge in [0.25, 0.3) is 0 Å². The van der Waals surface area contributed by atoms with E-state index in [1.165, 1.54) is 57.1 Å². The van der Waals surface area contributed by atoms with E-state index >= 15 is 0 Å². The first-order chi connectivity index (χ1) is 13.6. The highest BCUT2D eigenvalue weighted by Gasteiger charge is 2.36. The van der Waals surface area contributed by atoms with Gasteiger partial charge in [0.1, 0.15) is 12.2 Å². The van der Waals surface area contributed by atoms with Gasteiger partial charge >= 0.3 is 0 Å². The topological polar surface area (TPSA) is 90.3 Å². The van der Waals surface area contributed by atoms with Crippen LogP contribution in [0.15, 0.2) is 36.5 Å². The molecule has 0 aromatic heterocycles. The molecule has 1 rings (SSSR count). The highest BCUT2D eigenvalue weighted by atomic mass is 16.6. The molecule has 0 amide bonds. The third kappa shape index (κ3) is 11.5. The fourth-order valence-corrected chi connectivity index (χ4v) is 3.09. The number of aliphatic hydroxyl groups is 3. The molecule has 5 nitrogen and oxygen atoms in total. The Morgan fingerprint density at radius 2 is 1.57 bits per heavy atom. The molecule has 1 saturated heterocycles. The van der Waals surface area contributed by atoms with E-state index in [1.807, 2.05) is 12.2 Å². The first-order valence-electron chi connectivity index (χ1n) is 10.8. The number of unbranched alkanes of at least 4 members (excludes halogenated alkanes) is 6. The van der Waals surface area contributed by atoms with Gasteiger partial charge < -0.3 is 20.1 Å². The number of rotatable bonds is 17. The molecule has 0 aromatic rings. The second-order valence-electron chi connectivity index (χ2n) is 7.47. The Labute approximate surface area is 169 Å². The molecule has 0 spiro atoms. The summed E-state index contributed by atoms with van der Waals surface area (Å²) in [6.07, 6.45) is 20.6. The van der Waals surface area contributed by atoms with Crippen molar-refractivity contribution >= 4 is 5.78 Å². The predicted octanol–water partition coefficient (Wildman–Crippen LogP) is 3.63. The Balaban J connectivity index is 1.99. The van der Waals surface area contributed by atoms with Crippen molar-refractivity contribution in [3.63, 3.8) is 0 Å². The molecule has 5 heteroatoms. The standard InChI is InChI=1S/C23H38O5/c1-2-3-4-5-10-13-16-21-22(28-21)17-14-11-8-6-7-9-12-15-19(25)23(27)20(26)18-24/h6-9,12,15,20-24,26-27H,2-5,10-11,13-14,16-18H2,1H3/b8-6+,9-7+,15-12+. The molecule has 28 heavy (non-hydrogen) atoms. The van der Waals surface area contributed by atoms with Gasteiger partial charge in [0.05, 0.1) is 18.8 Å². The van der Waals surface area contributed by atoms with Gasteiger partial charge in [-0.3, -0.25) is 4.79 Å². The summed E-state index contributed by atoms with van der Waals surface area (Å²) in [5, 5.41) is 27.2. The van der Waals surface area contributed by atoms with Crippen LogP contribution in [0.1, 0.15) is 71.1 Å². The van der Waals surface area contributed by atoms with Crippen LogP contribution < -0.4 is 0 Å². The van der Waals surface area contributed by atoms with E-state index in [0.717, 1.165) is 19.3 Å². The first-order valence-corrected chi connectivity index (χ1v) is 10.8. The summed E-state index contributed by atoms with van der Waals surface area (Å²) in [4.78, 5) is 11.5. The normalized spacial score (nSPS) is 21.7. The molecular formula is C23H38O5. The third-order valence-corrected chi connectivity index (χ3v) is 4.96. The van der Waals surface area contributed by atoms with Crippen LogP contribution in [0.4, 0.5) is 0 Å². The molecule has 1 aliphatic heterocycles. The van der Waals surface area contributed by atoms with Crippen molar-refractivity contribution in [2.45, 2.75) is 95.5 Å². The summed E-state index contributed by atoms with van der Waals surface area (Å²) in [7, 11) is 0. The average Bonchev–Trinajstić information content (AvgIpc) is 3.45. The molecule has 160 valence electrons. The Hall–Kier alpha value is -1.27. The van der Waals surface area contributed by atoms with E-state index in [9.17, 15) is 9.90 Å². The van der Waals surface area contributed by atoms with Gasteiger partial charge in [0, 0.05) is 0 Å². The molecule has 4 unspecified atom stereocenters. The number of carbonyl (C=O) groups is 1. The van der Waals surface area contributed by atoms with Gasteiger partial charge in [-0.05, 0) is 31.8 Å². The zero-order chi connectivity index (χ0) is 20.6. The second-order valence-corrected chi connectivity index (χ2v) is 7.47. The van der Waals surface area contributed by atoms with Crippen LogP contribution in [-0.2, 0) is 9.53 Å². The van der Waals surface area contributed by atoms with E-state index in [1.54, 1.807) is 6.08 Å². The molecule has 0 aromatic carbocycles. The smallest absolute Gasteiger partial charge is 0.186 e. The Kier molecular flexibility index (Phi) is 13.8. The van der Waals surface area contributed by atoms with Crippen molar-refractivity contribution < 1.29 is 24.9 Å². The summed E-state index contributed by atoms with van der Waals surface area (Å²) in [5.41, 5.74) is 0. The lowest BCUT2D eigenvalue weighted by Crippen LogP contribution is -2.35. The minimum Gasteiger partial charge on any atom is -0.394 e. The molecular weight excluding hydrogens is 356 g/mol. The highest BCUT2D eigenvalue weighted by molar-refractivity contribution is 5.94. The summed E-state index contributed by atoms with van der Waals surface area (Å²) >= 11 is 0. The maximum absolute atomic E-state index is 11.5. The number of aliphatic hydroxyl groups excluding tert-OH is 3. The first kappa shape index (κ1) is 24.8. The molecule has 1 heterocycles. The maximum Gasteiger partial charge on any atom is 0.186 e. The SMILES string of the molecule is CCCCCCCCC1OC1CCC/C=C/C=C/C=C/C(=O)C(O)C(O)CO. The molecule has 3 N–H and O–H groups in total. The fourth-order valence-electron chi connectivity index (χ4n) is 3.09. The van der Waals surface area contributed by atoms with Crippen LogP contribution in [0.25, 0.3) is 0 Å². The quantitative estimate of drug-likeness (QED) is 0.152. The monoisotopic (exact) mass is 394 g/mol. The van der Waals surface area contributed by atoms with Crippen LogP contribution in [0.5, 0.6) is 0 Å². The van der Waals surface area contributed by atoms with Crippen LogP contribution in [0, 0.1) is 0 Å². The fraction of sp³-hybridized carbons (Fsp3) is 0.696. The summed E-state index contributed by atoms with van der Waals surface area (Å²) in [6.45, 7) is 1.60. The number of hydrogen-bond acceptors (Lipinski definition) is 5. The number of allylic oxidation sites excluding steroid dienone is 5. The van der Waals surface area contributed by atoms with Gasteiger partial charge in [0.2, 0.25) is 0 Å². The molecule has 4 atom stereocenters. The average molecular weight is 395 g/mol. The molecule has 0 saturated carbocycles. The van der Waals surface area contributed by atoms with E-state index in [2.05, 4.69) is 13.0 Å². The van der Waals surface area contributed by atoms with Crippen molar-refractivity contribution in [1.82, 2.24) is 0 Å². The molecule has 0 bridgehead atoms. The number of carbonyl (C=O) groups excluding carboxylic acids is 1.